The molecule has 8 heteroatoms. The molecule has 2 rings (SSSR count). The molecule has 0 saturated carbocycles. The normalized spacial score (nSPS) is 10.8. The van der Waals surface area contributed by atoms with Gasteiger partial charge in [0.2, 0.25) is 5.88 Å². The van der Waals surface area contributed by atoms with Crippen LogP contribution in [-0.2, 0) is 0 Å². The van der Waals surface area contributed by atoms with Crippen molar-refractivity contribution in [2.75, 3.05) is 5.43 Å². The highest BCUT2D eigenvalue weighted by molar-refractivity contribution is 6.43. The molecule has 112 valence electrons. The molecule has 2 aromatic rings. The second kappa shape index (κ2) is 6.66. The first-order valence-corrected chi connectivity index (χ1v) is 7.22. The van der Waals surface area contributed by atoms with Gasteiger partial charge in [0.05, 0.1) is 15.1 Å². The van der Waals surface area contributed by atoms with E-state index in [9.17, 15) is 0 Å². The van der Waals surface area contributed by atoms with Crippen LogP contribution in [0, 0.1) is 0 Å². The summed E-state index contributed by atoms with van der Waals surface area (Å²) in [5.41, 5.74) is 2.47. The quantitative estimate of drug-likeness (QED) is 0.479. The Morgan fingerprint density at radius 1 is 1.05 bits per heavy atom. The summed E-state index contributed by atoms with van der Waals surface area (Å²) in [4.78, 5) is 8.55. The Bertz CT molecular complexity index is 664. The lowest BCUT2D eigenvalue weighted by Gasteiger charge is -2.12. The zero-order valence-electron chi connectivity index (χ0n) is 11.3. The minimum absolute atomic E-state index is 0.116. The second-order valence-corrected chi connectivity index (χ2v) is 5.77. The largest absolute Gasteiger partial charge is 0.437 e. The first-order valence-electron chi connectivity index (χ1n) is 6.08. The van der Waals surface area contributed by atoms with Crippen LogP contribution in [0.25, 0.3) is 0 Å². The van der Waals surface area contributed by atoms with Gasteiger partial charge < -0.3 is 10.2 Å². The number of hydrogen-bond donors (Lipinski definition) is 2. The highest BCUT2D eigenvalue weighted by Gasteiger charge is 2.12. The summed E-state index contributed by atoms with van der Waals surface area (Å²) < 4.78 is 5.66. The minimum atomic E-state index is 0.116. The summed E-state index contributed by atoms with van der Waals surface area (Å²) in [6, 6.07) is 4.59. The average molecular weight is 348 g/mol. The van der Waals surface area contributed by atoms with E-state index in [1.807, 2.05) is 13.8 Å². The molecule has 0 fully saturated rings. The molecule has 0 atom stereocenters. The number of ether oxygens (including phenoxy) is 1. The molecule has 1 aromatic heterocycles. The Balaban J connectivity index is 2.39. The molecule has 0 spiro atoms. The van der Waals surface area contributed by atoms with Crippen LogP contribution in [0.2, 0.25) is 15.1 Å². The predicted molar refractivity (Wildman–Crippen MR) is 85.5 cm³/mol. The van der Waals surface area contributed by atoms with Crippen LogP contribution in [0.15, 0.2) is 18.2 Å². The number of nitrogens with zero attached hydrogens (tertiary/aromatic N) is 2. The van der Waals surface area contributed by atoms with Gasteiger partial charge in [-0.1, -0.05) is 48.7 Å². The van der Waals surface area contributed by atoms with Gasteiger partial charge in [-0.25, -0.2) is 10.8 Å². The van der Waals surface area contributed by atoms with Gasteiger partial charge in [-0.05, 0) is 6.07 Å². The summed E-state index contributed by atoms with van der Waals surface area (Å²) >= 11 is 17.9. The standard InChI is InChI=1S/C13H13Cl3N4O/c1-6(2)13-18-11(20-17)5-12(19-13)21-10-4-8(15)7(14)3-9(10)16/h3-6H,17H2,1-2H3,(H,18,19,20). The van der Waals surface area contributed by atoms with Gasteiger partial charge in [0.15, 0.2) is 0 Å². The van der Waals surface area contributed by atoms with Crippen molar-refractivity contribution in [3.63, 3.8) is 0 Å². The maximum atomic E-state index is 6.08. The Kier molecular flexibility index (Phi) is 5.11. The Hall–Kier alpha value is -1.27. The lowest BCUT2D eigenvalue weighted by molar-refractivity contribution is 0.457. The fourth-order valence-corrected chi connectivity index (χ4v) is 2.10. The van der Waals surface area contributed by atoms with Gasteiger partial charge >= 0.3 is 0 Å². The van der Waals surface area contributed by atoms with Crippen molar-refractivity contribution < 1.29 is 4.74 Å². The number of anilines is 1. The van der Waals surface area contributed by atoms with Gasteiger partial charge in [-0.3, -0.25) is 0 Å². The average Bonchev–Trinajstić information content (AvgIpc) is 2.44. The minimum Gasteiger partial charge on any atom is -0.437 e. The zero-order chi connectivity index (χ0) is 15.6. The zero-order valence-corrected chi connectivity index (χ0v) is 13.6. The number of nitrogens with one attached hydrogen (secondary N) is 1. The topological polar surface area (TPSA) is 73.1 Å². The van der Waals surface area contributed by atoms with Crippen LogP contribution in [0.1, 0.15) is 25.6 Å². The number of halogens is 3. The first kappa shape index (κ1) is 16.1. The molecule has 0 aliphatic heterocycles. The Labute approximate surface area is 137 Å². The summed E-state index contributed by atoms with van der Waals surface area (Å²) in [5.74, 6) is 7.21. The molecule has 0 unspecified atom stereocenters. The van der Waals surface area contributed by atoms with Crippen LogP contribution in [-0.4, -0.2) is 9.97 Å². The van der Waals surface area contributed by atoms with E-state index < -0.39 is 0 Å². The fourth-order valence-electron chi connectivity index (χ4n) is 1.52. The molecule has 1 aromatic carbocycles. The fraction of sp³-hybridized carbons (Fsp3) is 0.231. The molecule has 0 aliphatic carbocycles. The summed E-state index contributed by atoms with van der Waals surface area (Å²) in [7, 11) is 0. The van der Waals surface area contributed by atoms with Crippen LogP contribution in [0.4, 0.5) is 5.82 Å². The SMILES string of the molecule is CC(C)c1nc(NN)cc(Oc2cc(Cl)c(Cl)cc2Cl)n1. The van der Waals surface area contributed by atoms with Crippen molar-refractivity contribution in [3.05, 3.63) is 39.1 Å². The van der Waals surface area contributed by atoms with Gasteiger partial charge in [-0.2, -0.15) is 4.98 Å². The van der Waals surface area contributed by atoms with Crippen LogP contribution >= 0.6 is 34.8 Å². The third kappa shape index (κ3) is 3.89. The molecule has 0 saturated heterocycles. The summed E-state index contributed by atoms with van der Waals surface area (Å²) in [6.07, 6.45) is 0. The maximum absolute atomic E-state index is 6.08. The Morgan fingerprint density at radius 3 is 2.33 bits per heavy atom. The van der Waals surface area contributed by atoms with E-state index in [1.54, 1.807) is 6.07 Å². The van der Waals surface area contributed by atoms with E-state index >= 15 is 0 Å². The lowest BCUT2D eigenvalue weighted by atomic mass is 10.2. The molecule has 5 nitrogen and oxygen atoms in total. The molecule has 0 aliphatic rings. The smallest absolute Gasteiger partial charge is 0.224 e. The third-order valence-electron chi connectivity index (χ3n) is 2.57. The molecule has 1 heterocycles. The van der Waals surface area contributed by atoms with Crippen molar-refractivity contribution in [2.24, 2.45) is 5.84 Å². The van der Waals surface area contributed by atoms with Crippen molar-refractivity contribution in [1.82, 2.24) is 9.97 Å². The van der Waals surface area contributed by atoms with Crippen molar-refractivity contribution in [2.45, 2.75) is 19.8 Å². The summed E-state index contributed by atoms with van der Waals surface area (Å²) in [6.45, 7) is 3.93. The molecule has 21 heavy (non-hydrogen) atoms. The number of nitrogens with two attached hydrogens (primary N) is 1. The van der Waals surface area contributed by atoms with Gasteiger partial charge in [0.1, 0.15) is 17.4 Å². The molecule has 0 amide bonds. The molecule has 3 N–H and O–H groups in total. The number of hydrazine groups is 1. The summed E-state index contributed by atoms with van der Waals surface area (Å²) in [5, 5.41) is 1.02. The van der Waals surface area contributed by atoms with E-state index in [0.717, 1.165) is 0 Å². The van der Waals surface area contributed by atoms with Crippen LogP contribution in [0.5, 0.6) is 11.6 Å². The number of aromatic nitrogens is 2. The lowest BCUT2D eigenvalue weighted by Crippen LogP contribution is -2.11. The number of hydrogen-bond acceptors (Lipinski definition) is 5. The molecular weight excluding hydrogens is 335 g/mol. The van der Waals surface area contributed by atoms with E-state index in [0.29, 0.717) is 38.3 Å². The third-order valence-corrected chi connectivity index (χ3v) is 3.59. The van der Waals surface area contributed by atoms with E-state index in [2.05, 4.69) is 15.4 Å². The Morgan fingerprint density at radius 2 is 1.71 bits per heavy atom. The number of rotatable bonds is 4. The molecular formula is C13H13Cl3N4O. The highest BCUT2D eigenvalue weighted by Crippen LogP contribution is 2.36. The van der Waals surface area contributed by atoms with E-state index in [-0.39, 0.29) is 5.92 Å². The van der Waals surface area contributed by atoms with Crippen molar-refractivity contribution in [3.8, 4) is 11.6 Å². The molecule has 0 radical (unpaired) electrons. The highest BCUT2D eigenvalue weighted by atomic mass is 35.5. The van der Waals surface area contributed by atoms with Gasteiger partial charge in [0, 0.05) is 18.1 Å². The van der Waals surface area contributed by atoms with Crippen molar-refractivity contribution in [1.29, 1.82) is 0 Å². The monoisotopic (exact) mass is 346 g/mol. The first-order chi connectivity index (χ1) is 9.90. The number of benzene rings is 1. The van der Waals surface area contributed by atoms with Crippen molar-refractivity contribution >= 4 is 40.6 Å². The second-order valence-electron chi connectivity index (χ2n) is 4.55. The molecule has 0 bridgehead atoms. The van der Waals surface area contributed by atoms with Gasteiger partial charge in [-0.15, -0.1) is 0 Å². The number of nitrogen functional groups attached to an aromatic ring is 1. The van der Waals surface area contributed by atoms with Crippen LogP contribution in [0.3, 0.4) is 0 Å². The van der Waals surface area contributed by atoms with E-state index in [1.165, 1.54) is 12.1 Å². The van der Waals surface area contributed by atoms with Gasteiger partial charge in [0.25, 0.3) is 0 Å². The van der Waals surface area contributed by atoms with E-state index in [4.69, 9.17) is 45.4 Å². The predicted octanol–water partition coefficient (Wildman–Crippen LogP) is 4.64. The maximum Gasteiger partial charge on any atom is 0.224 e. The van der Waals surface area contributed by atoms with Crippen LogP contribution < -0.4 is 16.0 Å².